The van der Waals surface area contributed by atoms with Crippen LogP contribution >= 0.6 is 0 Å². The van der Waals surface area contributed by atoms with E-state index >= 15 is 0 Å². The lowest BCUT2D eigenvalue weighted by molar-refractivity contribution is 0.399. The van der Waals surface area contributed by atoms with E-state index in [0.717, 1.165) is 13.0 Å². The van der Waals surface area contributed by atoms with Crippen molar-refractivity contribution in [1.29, 1.82) is 0 Å². The second-order valence-corrected chi connectivity index (χ2v) is 7.02. The van der Waals surface area contributed by atoms with Crippen LogP contribution < -0.4 is 4.72 Å². The van der Waals surface area contributed by atoms with Gasteiger partial charge in [0.1, 0.15) is 28.1 Å². The standard InChI is InChI=1S/C13H18N4O3S/c1-8-7-12(9(2)20-8)21(18,19)16-11-5-4-6-17-13(11)14-10(3)15-17/h7,11,16H,4-6H2,1-3H3/t11-/m1/s1. The van der Waals surface area contributed by atoms with Crippen molar-refractivity contribution in [2.45, 2.75) is 51.1 Å². The quantitative estimate of drug-likeness (QED) is 0.930. The summed E-state index contributed by atoms with van der Waals surface area (Å²) in [6.07, 6.45) is 1.58. The topological polar surface area (TPSA) is 90.0 Å². The molecular formula is C13H18N4O3S. The highest BCUT2D eigenvalue weighted by atomic mass is 32.2. The smallest absolute Gasteiger partial charge is 0.244 e. The molecule has 0 amide bonds. The van der Waals surface area contributed by atoms with E-state index in [4.69, 9.17) is 4.42 Å². The molecule has 0 fully saturated rings. The summed E-state index contributed by atoms with van der Waals surface area (Å²) in [6.45, 7) is 5.96. The summed E-state index contributed by atoms with van der Waals surface area (Å²) >= 11 is 0. The maximum atomic E-state index is 12.5. The number of hydrogen-bond donors (Lipinski definition) is 1. The maximum Gasteiger partial charge on any atom is 0.244 e. The van der Waals surface area contributed by atoms with Crippen LogP contribution in [0.4, 0.5) is 0 Å². The summed E-state index contributed by atoms with van der Waals surface area (Å²) in [5.41, 5.74) is 0. The Morgan fingerprint density at radius 1 is 1.38 bits per heavy atom. The molecule has 0 saturated heterocycles. The molecule has 21 heavy (non-hydrogen) atoms. The summed E-state index contributed by atoms with van der Waals surface area (Å²) < 4.78 is 34.9. The van der Waals surface area contributed by atoms with Gasteiger partial charge < -0.3 is 4.42 Å². The number of nitrogens with zero attached hydrogens (tertiary/aromatic N) is 3. The lowest BCUT2D eigenvalue weighted by Gasteiger charge is -2.22. The molecule has 1 aliphatic heterocycles. The van der Waals surface area contributed by atoms with Crippen molar-refractivity contribution in [2.75, 3.05) is 0 Å². The molecule has 114 valence electrons. The van der Waals surface area contributed by atoms with E-state index in [2.05, 4.69) is 14.8 Å². The summed E-state index contributed by atoms with van der Waals surface area (Å²) in [6, 6.07) is 1.19. The lowest BCUT2D eigenvalue weighted by Crippen LogP contribution is -2.33. The number of aromatic nitrogens is 3. The molecule has 1 aliphatic rings. The largest absolute Gasteiger partial charge is 0.465 e. The summed E-state index contributed by atoms with van der Waals surface area (Å²) in [7, 11) is -3.63. The van der Waals surface area contributed by atoms with Crippen LogP contribution in [-0.4, -0.2) is 23.2 Å². The monoisotopic (exact) mass is 310 g/mol. The molecule has 0 bridgehead atoms. The summed E-state index contributed by atoms with van der Waals surface area (Å²) in [4.78, 5) is 4.53. The van der Waals surface area contributed by atoms with Crippen LogP contribution in [0.3, 0.4) is 0 Å². The minimum Gasteiger partial charge on any atom is -0.465 e. The molecule has 0 spiro atoms. The van der Waals surface area contributed by atoms with Crippen LogP contribution in [0.1, 0.15) is 42.1 Å². The van der Waals surface area contributed by atoms with E-state index < -0.39 is 10.0 Å². The fourth-order valence-corrected chi connectivity index (χ4v) is 4.17. The molecule has 0 unspecified atom stereocenters. The zero-order valence-electron chi connectivity index (χ0n) is 12.3. The zero-order chi connectivity index (χ0) is 15.2. The number of fused-ring (bicyclic) bond motifs is 1. The van der Waals surface area contributed by atoms with Gasteiger partial charge in [0, 0.05) is 6.54 Å². The first kappa shape index (κ1) is 14.3. The normalized spacial score (nSPS) is 18.7. The number of sulfonamides is 1. The average molecular weight is 310 g/mol. The first-order chi connectivity index (χ1) is 9.87. The summed E-state index contributed by atoms with van der Waals surface area (Å²) in [5.74, 6) is 2.32. The molecular weight excluding hydrogens is 292 g/mol. The van der Waals surface area contributed by atoms with Crippen molar-refractivity contribution < 1.29 is 12.8 Å². The van der Waals surface area contributed by atoms with Crippen LogP contribution in [0.25, 0.3) is 0 Å². The second kappa shape index (κ2) is 4.96. The highest BCUT2D eigenvalue weighted by molar-refractivity contribution is 7.89. The van der Waals surface area contributed by atoms with Gasteiger partial charge in [-0.1, -0.05) is 0 Å². The van der Waals surface area contributed by atoms with Gasteiger partial charge in [-0.25, -0.2) is 22.8 Å². The van der Waals surface area contributed by atoms with E-state index in [1.165, 1.54) is 6.07 Å². The fourth-order valence-electron chi connectivity index (χ4n) is 2.71. The Morgan fingerprint density at radius 3 is 2.81 bits per heavy atom. The van der Waals surface area contributed by atoms with E-state index in [1.807, 2.05) is 0 Å². The van der Waals surface area contributed by atoms with Crippen molar-refractivity contribution in [1.82, 2.24) is 19.5 Å². The minimum absolute atomic E-state index is 0.188. The Kier molecular flexibility index (Phi) is 3.37. The molecule has 2 aromatic rings. The van der Waals surface area contributed by atoms with Gasteiger partial charge in [-0.15, -0.1) is 0 Å². The van der Waals surface area contributed by atoms with Crippen LogP contribution in [0.15, 0.2) is 15.4 Å². The predicted molar refractivity (Wildman–Crippen MR) is 75.2 cm³/mol. The van der Waals surface area contributed by atoms with Crippen molar-refractivity contribution >= 4 is 10.0 Å². The number of aryl methyl sites for hydroxylation is 4. The Bertz CT molecular complexity index is 775. The van der Waals surface area contributed by atoms with E-state index in [1.54, 1.807) is 25.5 Å². The van der Waals surface area contributed by atoms with Crippen molar-refractivity contribution in [3.05, 3.63) is 29.2 Å². The fraction of sp³-hybridized carbons (Fsp3) is 0.538. The molecule has 8 heteroatoms. The van der Waals surface area contributed by atoms with Crippen LogP contribution in [-0.2, 0) is 16.6 Å². The van der Waals surface area contributed by atoms with E-state index in [9.17, 15) is 8.42 Å². The number of hydrogen-bond acceptors (Lipinski definition) is 5. The van der Waals surface area contributed by atoms with Gasteiger partial charge in [0.2, 0.25) is 10.0 Å². The van der Waals surface area contributed by atoms with Gasteiger partial charge in [0.05, 0.1) is 6.04 Å². The Hall–Kier alpha value is -1.67. The van der Waals surface area contributed by atoms with E-state index in [0.29, 0.717) is 29.6 Å². The highest BCUT2D eigenvalue weighted by Crippen LogP contribution is 2.27. The van der Waals surface area contributed by atoms with Crippen molar-refractivity contribution in [3.8, 4) is 0 Å². The molecule has 7 nitrogen and oxygen atoms in total. The van der Waals surface area contributed by atoms with Gasteiger partial charge in [-0.3, -0.25) is 0 Å². The molecule has 3 rings (SSSR count). The molecule has 1 N–H and O–H groups in total. The average Bonchev–Trinajstić information content (AvgIpc) is 2.92. The lowest BCUT2D eigenvalue weighted by atomic mass is 10.1. The van der Waals surface area contributed by atoms with Crippen LogP contribution in [0, 0.1) is 20.8 Å². The van der Waals surface area contributed by atoms with Crippen molar-refractivity contribution in [2.24, 2.45) is 0 Å². The number of rotatable bonds is 3. The molecule has 0 radical (unpaired) electrons. The third-order valence-corrected chi connectivity index (χ3v) is 5.14. The predicted octanol–water partition coefficient (Wildman–Crippen LogP) is 1.61. The summed E-state index contributed by atoms with van der Waals surface area (Å²) in [5, 5.41) is 4.28. The van der Waals surface area contributed by atoms with E-state index in [-0.39, 0.29) is 10.9 Å². The van der Waals surface area contributed by atoms with Gasteiger partial charge >= 0.3 is 0 Å². The highest BCUT2D eigenvalue weighted by Gasteiger charge is 2.30. The first-order valence-electron chi connectivity index (χ1n) is 6.87. The van der Waals surface area contributed by atoms with Crippen molar-refractivity contribution in [3.63, 3.8) is 0 Å². The van der Waals surface area contributed by atoms with Crippen LogP contribution in [0.2, 0.25) is 0 Å². The molecule has 0 aromatic carbocycles. The number of nitrogens with one attached hydrogen (secondary N) is 1. The molecule has 2 aromatic heterocycles. The van der Waals surface area contributed by atoms with Gasteiger partial charge in [-0.2, -0.15) is 5.10 Å². The Morgan fingerprint density at radius 2 is 2.14 bits per heavy atom. The first-order valence-corrected chi connectivity index (χ1v) is 8.36. The zero-order valence-corrected chi connectivity index (χ0v) is 13.1. The van der Waals surface area contributed by atoms with Crippen LogP contribution in [0.5, 0.6) is 0 Å². The maximum absolute atomic E-state index is 12.5. The third-order valence-electron chi connectivity index (χ3n) is 3.56. The van der Waals surface area contributed by atoms with Gasteiger partial charge in [-0.05, 0) is 39.7 Å². The van der Waals surface area contributed by atoms with Gasteiger partial charge in [0.25, 0.3) is 0 Å². The molecule has 0 aliphatic carbocycles. The Balaban J connectivity index is 1.92. The SMILES string of the molecule is Cc1nc2n(n1)CCC[C@H]2NS(=O)(=O)c1cc(C)oc1C. The molecule has 3 heterocycles. The number of furan rings is 1. The second-order valence-electron chi connectivity index (χ2n) is 5.33. The Labute approximate surface area is 123 Å². The minimum atomic E-state index is -3.63. The van der Waals surface area contributed by atoms with Gasteiger partial charge in [0.15, 0.2) is 0 Å². The molecule has 0 saturated carbocycles. The third kappa shape index (κ3) is 2.60. The molecule has 1 atom stereocenters.